The number of hydrogen-bond donors (Lipinski definition) is 1. The highest BCUT2D eigenvalue weighted by atomic mass is 35.5. The molecule has 0 aromatic carbocycles. The molecule has 16 heavy (non-hydrogen) atoms. The molecule has 0 bridgehead atoms. The van der Waals surface area contributed by atoms with Crippen LogP contribution in [0.4, 0.5) is 0 Å². The van der Waals surface area contributed by atoms with Crippen molar-refractivity contribution in [2.45, 2.75) is 31.6 Å². The van der Waals surface area contributed by atoms with Crippen LogP contribution in [0.3, 0.4) is 0 Å². The predicted molar refractivity (Wildman–Crippen MR) is 73.3 cm³/mol. The van der Waals surface area contributed by atoms with Crippen LogP contribution in [-0.2, 0) is 0 Å². The van der Waals surface area contributed by atoms with E-state index >= 15 is 0 Å². The number of aromatic nitrogens is 1. The summed E-state index contributed by atoms with van der Waals surface area (Å²) >= 11 is 7.73. The lowest BCUT2D eigenvalue weighted by Crippen LogP contribution is -2.33. The van der Waals surface area contributed by atoms with Gasteiger partial charge in [-0.25, -0.2) is 4.98 Å². The second-order valence-corrected chi connectivity index (χ2v) is 6.38. The fraction of sp³-hybridized carbons (Fsp3) is 0.583. The molecule has 1 aromatic rings. The molecule has 90 valence electrons. The standard InChI is InChI=1S/C12H19ClN2S/c1-9(15-8-12(2,3)16-4)10-5-6-14-11(13)7-10/h5-7,9,15H,8H2,1-4H3. The van der Waals surface area contributed by atoms with Crippen LogP contribution in [0.5, 0.6) is 0 Å². The van der Waals surface area contributed by atoms with E-state index in [2.05, 4.69) is 37.3 Å². The summed E-state index contributed by atoms with van der Waals surface area (Å²) in [6.45, 7) is 7.57. The van der Waals surface area contributed by atoms with Gasteiger partial charge in [0.1, 0.15) is 5.15 Å². The topological polar surface area (TPSA) is 24.9 Å². The molecule has 1 aromatic heterocycles. The van der Waals surface area contributed by atoms with Crippen molar-refractivity contribution in [3.05, 3.63) is 29.0 Å². The van der Waals surface area contributed by atoms with E-state index in [0.717, 1.165) is 6.54 Å². The molecule has 1 unspecified atom stereocenters. The third-order valence-electron chi connectivity index (χ3n) is 2.64. The van der Waals surface area contributed by atoms with Gasteiger partial charge in [0, 0.05) is 23.5 Å². The average Bonchev–Trinajstić information content (AvgIpc) is 2.26. The zero-order chi connectivity index (χ0) is 12.2. The molecule has 0 saturated heterocycles. The summed E-state index contributed by atoms with van der Waals surface area (Å²) < 4.78 is 0.255. The van der Waals surface area contributed by atoms with E-state index in [-0.39, 0.29) is 4.75 Å². The monoisotopic (exact) mass is 258 g/mol. The summed E-state index contributed by atoms with van der Waals surface area (Å²) in [6, 6.07) is 4.20. The van der Waals surface area contributed by atoms with Gasteiger partial charge in [-0.3, -0.25) is 0 Å². The number of rotatable bonds is 5. The summed E-state index contributed by atoms with van der Waals surface area (Å²) in [6.07, 6.45) is 3.88. The maximum Gasteiger partial charge on any atom is 0.129 e. The zero-order valence-corrected chi connectivity index (χ0v) is 11.8. The molecular weight excluding hydrogens is 240 g/mol. The largest absolute Gasteiger partial charge is 0.309 e. The number of thioether (sulfide) groups is 1. The van der Waals surface area contributed by atoms with Gasteiger partial charge >= 0.3 is 0 Å². The van der Waals surface area contributed by atoms with Crippen molar-refractivity contribution in [1.29, 1.82) is 0 Å². The predicted octanol–water partition coefficient (Wildman–Crippen LogP) is 3.53. The Morgan fingerprint density at radius 2 is 2.25 bits per heavy atom. The third-order valence-corrected chi connectivity index (χ3v) is 4.09. The van der Waals surface area contributed by atoms with Gasteiger partial charge in [-0.15, -0.1) is 0 Å². The first-order chi connectivity index (χ1) is 7.44. The van der Waals surface area contributed by atoms with E-state index in [1.54, 1.807) is 6.20 Å². The Morgan fingerprint density at radius 3 is 2.81 bits per heavy atom. The first kappa shape index (κ1) is 13.8. The molecule has 0 amide bonds. The van der Waals surface area contributed by atoms with Gasteiger partial charge in [0.15, 0.2) is 0 Å². The number of nitrogens with one attached hydrogen (secondary N) is 1. The van der Waals surface area contributed by atoms with E-state index in [9.17, 15) is 0 Å². The summed E-state index contributed by atoms with van der Waals surface area (Å²) in [5, 5.41) is 4.06. The lowest BCUT2D eigenvalue weighted by Gasteiger charge is -2.25. The van der Waals surface area contributed by atoms with Crippen molar-refractivity contribution in [2.24, 2.45) is 0 Å². The fourth-order valence-electron chi connectivity index (χ4n) is 1.28. The molecule has 0 spiro atoms. The molecule has 1 atom stereocenters. The highest BCUT2D eigenvalue weighted by Gasteiger charge is 2.17. The Hall–Kier alpha value is -0.250. The first-order valence-electron chi connectivity index (χ1n) is 5.34. The van der Waals surface area contributed by atoms with E-state index < -0.39 is 0 Å². The molecular formula is C12H19ClN2S. The van der Waals surface area contributed by atoms with E-state index in [4.69, 9.17) is 11.6 Å². The van der Waals surface area contributed by atoms with E-state index in [0.29, 0.717) is 11.2 Å². The molecule has 1 rings (SSSR count). The summed E-state index contributed by atoms with van der Waals surface area (Å²) in [4.78, 5) is 3.98. The lowest BCUT2D eigenvalue weighted by atomic mass is 10.1. The molecule has 0 radical (unpaired) electrons. The Bertz CT molecular complexity index is 342. The number of nitrogens with zero attached hydrogens (tertiary/aromatic N) is 1. The summed E-state index contributed by atoms with van der Waals surface area (Å²) in [5.41, 5.74) is 1.18. The first-order valence-corrected chi connectivity index (χ1v) is 6.95. The zero-order valence-electron chi connectivity index (χ0n) is 10.2. The van der Waals surface area contributed by atoms with Crippen molar-refractivity contribution in [3.63, 3.8) is 0 Å². The van der Waals surface area contributed by atoms with Crippen LogP contribution in [0.25, 0.3) is 0 Å². The third kappa shape index (κ3) is 4.32. The van der Waals surface area contributed by atoms with E-state index in [1.165, 1.54) is 5.56 Å². The highest BCUT2D eigenvalue weighted by molar-refractivity contribution is 7.99. The maximum atomic E-state index is 5.86. The van der Waals surface area contributed by atoms with Crippen LogP contribution in [0.15, 0.2) is 18.3 Å². The van der Waals surface area contributed by atoms with Gasteiger partial charge in [-0.2, -0.15) is 11.8 Å². The molecule has 0 saturated carbocycles. The van der Waals surface area contributed by atoms with Crippen LogP contribution in [-0.4, -0.2) is 22.5 Å². The minimum Gasteiger partial charge on any atom is -0.309 e. The Labute approximate surface area is 107 Å². The van der Waals surface area contributed by atoms with Gasteiger partial charge in [0.2, 0.25) is 0 Å². The van der Waals surface area contributed by atoms with Gasteiger partial charge < -0.3 is 5.32 Å². The molecule has 2 nitrogen and oxygen atoms in total. The Kier molecular flexibility index (Phi) is 5.09. The molecule has 1 N–H and O–H groups in total. The lowest BCUT2D eigenvalue weighted by molar-refractivity contribution is 0.522. The van der Waals surface area contributed by atoms with Crippen LogP contribution in [0.2, 0.25) is 5.15 Å². The van der Waals surface area contributed by atoms with Gasteiger partial charge in [0.25, 0.3) is 0 Å². The molecule has 0 aliphatic rings. The molecule has 0 aliphatic carbocycles. The number of pyridine rings is 1. The van der Waals surface area contributed by atoms with Crippen molar-refractivity contribution >= 4 is 23.4 Å². The van der Waals surface area contributed by atoms with Crippen molar-refractivity contribution in [2.75, 3.05) is 12.8 Å². The smallest absolute Gasteiger partial charge is 0.129 e. The number of halogens is 1. The van der Waals surface area contributed by atoms with Crippen LogP contribution in [0, 0.1) is 0 Å². The van der Waals surface area contributed by atoms with E-state index in [1.807, 2.05) is 23.9 Å². The second-order valence-electron chi connectivity index (χ2n) is 4.48. The minimum absolute atomic E-state index is 0.255. The number of hydrogen-bond acceptors (Lipinski definition) is 3. The SMILES string of the molecule is CSC(C)(C)CNC(C)c1ccnc(Cl)c1. The second kappa shape index (κ2) is 5.89. The molecule has 0 aliphatic heterocycles. The molecule has 4 heteroatoms. The Morgan fingerprint density at radius 1 is 1.56 bits per heavy atom. The maximum absolute atomic E-state index is 5.86. The van der Waals surface area contributed by atoms with Crippen LogP contribution >= 0.6 is 23.4 Å². The van der Waals surface area contributed by atoms with Crippen molar-refractivity contribution in [3.8, 4) is 0 Å². The highest BCUT2D eigenvalue weighted by Crippen LogP contribution is 2.22. The van der Waals surface area contributed by atoms with Gasteiger partial charge in [-0.1, -0.05) is 11.6 Å². The summed E-state index contributed by atoms with van der Waals surface area (Å²) in [7, 11) is 0. The van der Waals surface area contributed by atoms with Crippen molar-refractivity contribution < 1.29 is 0 Å². The molecule has 0 fully saturated rings. The van der Waals surface area contributed by atoms with Crippen molar-refractivity contribution in [1.82, 2.24) is 10.3 Å². The minimum atomic E-state index is 0.255. The average molecular weight is 259 g/mol. The quantitative estimate of drug-likeness (QED) is 0.818. The fourth-order valence-corrected chi connectivity index (χ4v) is 1.69. The Balaban J connectivity index is 2.56. The van der Waals surface area contributed by atoms with Crippen LogP contribution in [0.1, 0.15) is 32.4 Å². The molecule has 1 heterocycles. The van der Waals surface area contributed by atoms with Gasteiger partial charge in [0.05, 0.1) is 0 Å². The summed E-state index contributed by atoms with van der Waals surface area (Å²) in [5.74, 6) is 0. The van der Waals surface area contributed by atoms with Gasteiger partial charge in [-0.05, 0) is 44.7 Å². The normalized spacial score (nSPS) is 13.8. The van der Waals surface area contributed by atoms with Crippen LogP contribution < -0.4 is 5.32 Å².